The fourth-order valence-electron chi connectivity index (χ4n) is 2.02. The summed E-state index contributed by atoms with van der Waals surface area (Å²) >= 11 is 1.49. The second-order valence-electron chi connectivity index (χ2n) is 6.75. The SMILES string of the molecule is CC(C)(C)c1nc(CS(=O)(=O)Cc2nc(C3CC3)no2)cs1. The monoisotopic (exact) mass is 341 g/mol. The van der Waals surface area contributed by atoms with Crippen LogP contribution >= 0.6 is 11.3 Å². The Morgan fingerprint density at radius 3 is 2.59 bits per heavy atom. The normalized spacial score (nSPS) is 16.1. The third-order valence-electron chi connectivity index (χ3n) is 3.33. The lowest BCUT2D eigenvalue weighted by molar-refractivity contribution is 0.382. The van der Waals surface area contributed by atoms with Gasteiger partial charge in [-0.1, -0.05) is 25.9 Å². The van der Waals surface area contributed by atoms with Crippen LogP contribution in [0.2, 0.25) is 0 Å². The minimum absolute atomic E-state index is 0.0711. The molecule has 0 atom stereocenters. The molecular weight excluding hydrogens is 322 g/mol. The molecule has 0 saturated heterocycles. The molecule has 0 spiro atoms. The van der Waals surface area contributed by atoms with Crippen molar-refractivity contribution in [2.75, 3.05) is 0 Å². The number of rotatable bonds is 5. The highest BCUT2D eigenvalue weighted by Crippen LogP contribution is 2.38. The smallest absolute Gasteiger partial charge is 0.241 e. The Hall–Kier alpha value is -1.28. The van der Waals surface area contributed by atoms with Crippen LogP contribution in [0.25, 0.3) is 0 Å². The van der Waals surface area contributed by atoms with E-state index >= 15 is 0 Å². The van der Waals surface area contributed by atoms with E-state index in [-0.39, 0.29) is 22.8 Å². The molecule has 2 heterocycles. The average Bonchev–Trinajstić information content (AvgIpc) is 2.95. The Labute approximate surface area is 133 Å². The van der Waals surface area contributed by atoms with Crippen molar-refractivity contribution in [3.8, 4) is 0 Å². The molecule has 1 saturated carbocycles. The van der Waals surface area contributed by atoms with Gasteiger partial charge >= 0.3 is 0 Å². The van der Waals surface area contributed by atoms with Gasteiger partial charge in [0, 0.05) is 16.7 Å². The molecule has 0 aliphatic heterocycles. The molecule has 1 fully saturated rings. The molecule has 8 heteroatoms. The van der Waals surface area contributed by atoms with Gasteiger partial charge in [-0.2, -0.15) is 4.98 Å². The van der Waals surface area contributed by atoms with Crippen molar-refractivity contribution in [1.29, 1.82) is 0 Å². The molecule has 2 aromatic rings. The van der Waals surface area contributed by atoms with Crippen LogP contribution in [0.4, 0.5) is 0 Å². The summed E-state index contributed by atoms with van der Waals surface area (Å²) < 4.78 is 29.6. The molecule has 1 aliphatic rings. The molecule has 0 amide bonds. The summed E-state index contributed by atoms with van der Waals surface area (Å²) in [7, 11) is -3.36. The summed E-state index contributed by atoms with van der Waals surface area (Å²) in [5.41, 5.74) is 0.509. The summed E-state index contributed by atoms with van der Waals surface area (Å²) in [6, 6.07) is 0. The molecule has 3 rings (SSSR count). The van der Waals surface area contributed by atoms with Crippen molar-refractivity contribution in [2.24, 2.45) is 0 Å². The van der Waals surface area contributed by atoms with E-state index in [1.807, 2.05) is 5.38 Å². The van der Waals surface area contributed by atoms with Crippen LogP contribution in [0.5, 0.6) is 0 Å². The second kappa shape index (κ2) is 5.42. The van der Waals surface area contributed by atoms with Crippen LogP contribution < -0.4 is 0 Å². The van der Waals surface area contributed by atoms with Gasteiger partial charge in [0.25, 0.3) is 0 Å². The topological polar surface area (TPSA) is 86.0 Å². The Morgan fingerprint density at radius 1 is 1.27 bits per heavy atom. The highest BCUT2D eigenvalue weighted by Gasteiger charge is 2.30. The Bertz CT molecular complexity index is 767. The largest absolute Gasteiger partial charge is 0.338 e. The standard InChI is InChI=1S/C14H19N3O3S2/c1-14(2,3)13-15-10(6-21-13)7-22(18,19)8-11-16-12(17-20-11)9-4-5-9/h6,9H,4-5,7-8H2,1-3H3. The zero-order valence-corrected chi connectivity index (χ0v) is 14.5. The van der Waals surface area contributed by atoms with Crippen molar-refractivity contribution in [1.82, 2.24) is 15.1 Å². The summed E-state index contributed by atoms with van der Waals surface area (Å²) in [5, 5.41) is 6.59. The van der Waals surface area contributed by atoms with Crippen molar-refractivity contribution < 1.29 is 12.9 Å². The molecule has 2 aromatic heterocycles. The molecule has 0 N–H and O–H groups in total. The van der Waals surface area contributed by atoms with E-state index in [4.69, 9.17) is 4.52 Å². The van der Waals surface area contributed by atoms with E-state index in [1.165, 1.54) is 11.3 Å². The Balaban J connectivity index is 1.68. The number of nitrogens with zero attached hydrogens (tertiary/aromatic N) is 3. The number of aromatic nitrogens is 3. The van der Waals surface area contributed by atoms with Crippen molar-refractivity contribution >= 4 is 21.2 Å². The maximum absolute atomic E-state index is 12.3. The summed E-state index contributed by atoms with van der Waals surface area (Å²) in [5.74, 6) is 0.839. The van der Waals surface area contributed by atoms with Gasteiger partial charge in [-0.15, -0.1) is 11.3 Å². The molecular formula is C14H19N3O3S2. The highest BCUT2D eigenvalue weighted by molar-refractivity contribution is 7.89. The fraction of sp³-hybridized carbons (Fsp3) is 0.643. The van der Waals surface area contributed by atoms with Crippen molar-refractivity contribution in [3.63, 3.8) is 0 Å². The quantitative estimate of drug-likeness (QED) is 0.831. The molecule has 0 radical (unpaired) electrons. The van der Waals surface area contributed by atoms with Gasteiger partial charge < -0.3 is 4.52 Å². The summed E-state index contributed by atoms with van der Waals surface area (Å²) in [4.78, 5) is 8.59. The zero-order chi connectivity index (χ0) is 16.0. The minimum Gasteiger partial charge on any atom is -0.338 e. The van der Waals surface area contributed by atoms with Gasteiger partial charge in [0.15, 0.2) is 15.7 Å². The van der Waals surface area contributed by atoms with E-state index in [0.29, 0.717) is 17.4 Å². The van der Waals surface area contributed by atoms with E-state index in [2.05, 4.69) is 35.9 Å². The lowest BCUT2D eigenvalue weighted by Gasteiger charge is -2.13. The van der Waals surface area contributed by atoms with Gasteiger partial charge in [-0.3, -0.25) is 0 Å². The first-order valence-corrected chi connectivity index (χ1v) is 9.91. The van der Waals surface area contributed by atoms with Gasteiger partial charge in [0.05, 0.1) is 16.5 Å². The lowest BCUT2D eigenvalue weighted by Crippen LogP contribution is -2.12. The Morgan fingerprint density at radius 2 is 2.00 bits per heavy atom. The van der Waals surface area contributed by atoms with E-state index in [1.54, 1.807) is 0 Å². The van der Waals surface area contributed by atoms with Gasteiger partial charge in [-0.05, 0) is 12.8 Å². The number of sulfone groups is 1. The van der Waals surface area contributed by atoms with Crippen LogP contribution in [0.3, 0.4) is 0 Å². The third-order valence-corrected chi connectivity index (χ3v) is 6.07. The van der Waals surface area contributed by atoms with Crippen molar-refractivity contribution in [2.45, 2.75) is 56.5 Å². The number of hydrogen-bond acceptors (Lipinski definition) is 7. The summed E-state index contributed by atoms with van der Waals surface area (Å²) in [6.45, 7) is 6.17. The zero-order valence-electron chi connectivity index (χ0n) is 12.9. The second-order valence-corrected chi connectivity index (χ2v) is 9.67. The molecule has 120 valence electrons. The predicted octanol–water partition coefficient (Wildman–Crippen LogP) is 2.82. The highest BCUT2D eigenvalue weighted by atomic mass is 32.2. The average molecular weight is 341 g/mol. The van der Waals surface area contributed by atoms with E-state index in [0.717, 1.165) is 17.8 Å². The van der Waals surface area contributed by atoms with E-state index in [9.17, 15) is 8.42 Å². The first-order chi connectivity index (χ1) is 10.2. The molecule has 1 aliphatic carbocycles. The van der Waals surface area contributed by atoms with Crippen LogP contribution in [0.15, 0.2) is 9.90 Å². The minimum atomic E-state index is -3.36. The molecule has 0 unspecified atom stereocenters. The number of hydrogen-bond donors (Lipinski definition) is 0. The van der Waals surface area contributed by atoms with Gasteiger partial charge in [-0.25, -0.2) is 13.4 Å². The molecule has 6 nitrogen and oxygen atoms in total. The van der Waals surface area contributed by atoms with Crippen molar-refractivity contribution in [3.05, 3.63) is 27.8 Å². The fourth-order valence-corrected chi connectivity index (χ4v) is 4.22. The van der Waals surface area contributed by atoms with Crippen LogP contribution in [0, 0.1) is 0 Å². The lowest BCUT2D eigenvalue weighted by atomic mass is 9.98. The summed E-state index contributed by atoms with van der Waals surface area (Å²) in [6.07, 6.45) is 2.11. The first kappa shape index (κ1) is 15.6. The first-order valence-electron chi connectivity index (χ1n) is 7.21. The number of thiazole rings is 1. The maximum Gasteiger partial charge on any atom is 0.241 e. The van der Waals surface area contributed by atoms with E-state index < -0.39 is 9.84 Å². The van der Waals surface area contributed by atoms with Gasteiger partial charge in [0.1, 0.15) is 5.75 Å². The molecule has 22 heavy (non-hydrogen) atoms. The predicted molar refractivity (Wildman–Crippen MR) is 83.4 cm³/mol. The molecule has 0 aromatic carbocycles. The Kier molecular flexibility index (Phi) is 3.84. The van der Waals surface area contributed by atoms with Gasteiger partial charge in [0.2, 0.25) is 5.89 Å². The van der Waals surface area contributed by atoms with Crippen LogP contribution in [-0.4, -0.2) is 23.5 Å². The molecule has 0 bridgehead atoms. The third kappa shape index (κ3) is 3.73. The maximum atomic E-state index is 12.3. The van der Waals surface area contributed by atoms with Crippen LogP contribution in [0.1, 0.15) is 61.9 Å². The van der Waals surface area contributed by atoms with Crippen LogP contribution in [-0.2, 0) is 26.8 Å².